The van der Waals surface area contributed by atoms with E-state index in [0.29, 0.717) is 58.5 Å². The van der Waals surface area contributed by atoms with Crippen LogP contribution in [0, 0.1) is 5.92 Å². The normalized spacial score (nSPS) is 14.3. The Morgan fingerprint density at radius 1 is 0.558 bits per heavy atom. The van der Waals surface area contributed by atoms with Crippen molar-refractivity contribution in [3.05, 3.63) is 88.8 Å². The number of hydrogen-bond acceptors (Lipinski definition) is 6. The van der Waals surface area contributed by atoms with Crippen molar-refractivity contribution in [2.45, 2.75) is 99.1 Å². The number of amides is 3. The fourth-order valence-electron chi connectivity index (χ4n) is 5.38. The van der Waals surface area contributed by atoms with E-state index in [-0.39, 0.29) is 23.6 Å². The molecule has 0 aromatic carbocycles. The number of fused-ring (bicyclic) bond motifs is 6. The average Bonchev–Trinajstić information content (AvgIpc) is 2.96. The highest BCUT2D eigenvalue weighted by Gasteiger charge is 2.20. The maximum Gasteiger partial charge on any atom is 0.223 e. The highest BCUT2D eigenvalue weighted by atomic mass is 16.2. The minimum absolute atomic E-state index is 0.0608. The van der Waals surface area contributed by atoms with Crippen LogP contribution in [-0.2, 0) is 53.7 Å². The third-order valence-corrected chi connectivity index (χ3v) is 7.36. The van der Waals surface area contributed by atoms with Crippen LogP contribution in [0.3, 0.4) is 0 Å². The molecule has 0 fully saturated rings. The molecule has 0 saturated carbocycles. The number of carbonyl (C=O) groups excluding carboxylic acids is 3. The number of aromatic nitrogens is 3. The van der Waals surface area contributed by atoms with Gasteiger partial charge in [0.05, 0.1) is 0 Å². The second-order valence-electron chi connectivity index (χ2n) is 12.0. The Labute approximate surface area is 255 Å². The van der Waals surface area contributed by atoms with E-state index >= 15 is 0 Å². The summed E-state index contributed by atoms with van der Waals surface area (Å²) >= 11 is 0. The number of pyridine rings is 3. The molecule has 0 radical (unpaired) electrons. The Morgan fingerprint density at radius 2 is 0.837 bits per heavy atom. The summed E-state index contributed by atoms with van der Waals surface area (Å²) in [7, 11) is 0. The van der Waals surface area contributed by atoms with E-state index in [1.54, 1.807) is 37.2 Å². The number of rotatable bonds is 6. The molecule has 4 rings (SSSR count). The topological polar surface area (TPSA) is 99.6 Å². The summed E-state index contributed by atoms with van der Waals surface area (Å²) in [5.74, 6) is 0.405. The van der Waals surface area contributed by atoms with Gasteiger partial charge in [-0.2, -0.15) is 0 Å². The first-order valence-corrected chi connectivity index (χ1v) is 15.4. The molecule has 0 spiro atoms. The molecule has 228 valence electrons. The van der Waals surface area contributed by atoms with Gasteiger partial charge in [0.1, 0.15) is 0 Å². The summed E-state index contributed by atoms with van der Waals surface area (Å²) in [4.78, 5) is 58.9. The number of hydrogen-bond donors (Lipinski definition) is 0. The Bertz CT molecular complexity index is 1320. The molecule has 1 aliphatic rings. The Balaban J connectivity index is 1.77. The largest absolute Gasteiger partial charge is 0.334 e. The van der Waals surface area contributed by atoms with E-state index in [9.17, 15) is 14.4 Å². The lowest BCUT2D eigenvalue weighted by Gasteiger charge is -2.27. The fraction of sp³-hybridized carbons (Fsp3) is 0.471. The van der Waals surface area contributed by atoms with E-state index in [1.807, 2.05) is 60.6 Å². The van der Waals surface area contributed by atoms with Gasteiger partial charge in [0.15, 0.2) is 0 Å². The van der Waals surface area contributed by atoms with Crippen molar-refractivity contribution in [1.82, 2.24) is 29.7 Å². The first kappa shape index (κ1) is 31.8. The van der Waals surface area contributed by atoms with Crippen molar-refractivity contribution in [1.29, 1.82) is 0 Å². The third-order valence-electron chi connectivity index (χ3n) is 7.36. The highest BCUT2D eigenvalue weighted by Crippen LogP contribution is 2.20. The van der Waals surface area contributed by atoms with Gasteiger partial charge in [0, 0.05) is 95.7 Å². The number of carbonyl (C=O) groups is 3. The molecule has 6 bridgehead atoms. The first-order valence-electron chi connectivity index (χ1n) is 15.4. The smallest absolute Gasteiger partial charge is 0.223 e. The maximum atomic E-state index is 13.4. The zero-order valence-corrected chi connectivity index (χ0v) is 26.0. The second kappa shape index (κ2) is 15.4. The Kier molecular flexibility index (Phi) is 11.4. The fourth-order valence-corrected chi connectivity index (χ4v) is 5.38. The number of nitrogens with zero attached hydrogens (tertiary/aromatic N) is 6. The van der Waals surface area contributed by atoms with Gasteiger partial charge in [-0.25, -0.2) is 0 Å². The average molecular weight is 585 g/mol. The summed E-state index contributed by atoms with van der Waals surface area (Å²) in [6.45, 7) is 10.5. The van der Waals surface area contributed by atoms with Gasteiger partial charge < -0.3 is 14.7 Å². The molecule has 0 N–H and O–H groups in total. The molecule has 0 unspecified atom stereocenters. The van der Waals surface area contributed by atoms with Crippen LogP contribution in [0.5, 0.6) is 0 Å². The van der Waals surface area contributed by atoms with E-state index in [4.69, 9.17) is 0 Å². The molecule has 0 saturated heterocycles. The summed E-state index contributed by atoms with van der Waals surface area (Å²) < 4.78 is 0. The Hall–Kier alpha value is -4.14. The van der Waals surface area contributed by atoms with Crippen molar-refractivity contribution in [3.8, 4) is 0 Å². The van der Waals surface area contributed by atoms with Gasteiger partial charge in [0.2, 0.25) is 17.7 Å². The van der Waals surface area contributed by atoms with Crippen LogP contribution in [0.2, 0.25) is 0 Å². The van der Waals surface area contributed by atoms with Gasteiger partial charge >= 0.3 is 0 Å². The van der Waals surface area contributed by atoms with Crippen molar-refractivity contribution in [2.24, 2.45) is 5.92 Å². The van der Waals surface area contributed by atoms with Crippen LogP contribution < -0.4 is 0 Å². The summed E-state index contributed by atoms with van der Waals surface area (Å²) in [5.41, 5.74) is 5.44. The lowest BCUT2D eigenvalue weighted by Crippen LogP contribution is -2.32. The van der Waals surface area contributed by atoms with Crippen LogP contribution in [0.25, 0.3) is 0 Å². The van der Waals surface area contributed by atoms with Gasteiger partial charge in [-0.1, -0.05) is 27.7 Å². The zero-order valence-electron chi connectivity index (χ0n) is 26.0. The first-order chi connectivity index (χ1) is 20.7. The molecule has 0 atom stereocenters. The zero-order chi connectivity index (χ0) is 30.8. The molecule has 3 aromatic heterocycles. The minimum Gasteiger partial charge on any atom is -0.334 e. The second-order valence-corrected chi connectivity index (χ2v) is 12.0. The molecule has 0 aliphatic carbocycles. The van der Waals surface area contributed by atoms with E-state index < -0.39 is 0 Å². The SMILES string of the molecule is CCCC(=O)N1Cc2cncc(c2)CN(C(=O)CCC)Cc2cncc(c2)CN(C(=O)CC(C)C)Cc2cncc(c2)C1. The molecule has 3 aromatic rings. The summed E-state index contributed by atoms with van der Waals surface area (Å²) in [6, 6.07) is 6.12. The van der Waals surface area contributed by atoms with Gasteiger partial charge in [-0.15, -0.1) is 0 Å². The lowest BCUT2D eigenvalue weighted by atomic mass is 10.1. The van der Waals surface area contributed by atoms with E-state index in [0.717, 1.165) is 46.2 Å². The Morgan fingerprint density at radius 3 is 1.09 bits per heavy atom. The standard InChI is InChI=1S/C34H44N6O3/c1-5-7-32(41)38-19-26-10-27(14-35-13-26)20-39(33(42)8-6-2)22-29-12-31(18-37-16-29)24-40(34(43)9-25(3)4)23-30-11-28(21-38)15-36-17-30/h10-18,25H,5-9,19-24H2,1-4H3. The minimum atomic E-state index is 0.0608. The van der Waals surface area contributed by atoms with Gasteiger partial charge in [0.25, 0.3) is 0 Å². The van der Waals surface area contributed by atoms with Gasteiger partial charge in [-0.3, -0.25) is 29.3 Å². The molecule has 4 heterocycles. The molecule has 43 heavy (non-hydrogen) atoms. The lowest BCUT2D eigenvalue weighted by molar-refractivity contribution is -0.133. The van der Waals surface area contributed by atoms with Crippen LogP contribution in [0.15, 0.2) is 55.4 Å². The molecular weight excluding hydrogens is 540 g/mol. The molecular formula is C34H44N6O3. The van der Waals surface area contributed by atoms with E-state index in [1.165, 1.54) is 0 Å². The van der Waals surface area contributed by atoms with Gasteiger partial charge in [-0.05, 0) is 70.3 Å². The maximum absolute atomic E-state index is 13.4. The van der Waals surface area contributed by atoms with Crippen LogP contribution in [-0.4, -0.2) is 47.4 Å². The van der Waals surface area contributed by atoms with E-state index in [2.05, 4.69) is 15.0 Å². The van der Waals surface area contributed by atoms with Crippen LogP contribution in [0.1, 0.15) is 93.2 Å². The van der Waals surface area contributed by atoms with Crippen LogP contribution >= 0.6 is 0 Å². The molecule has 3 amide bonds. The highest BCUT2D eigenvalue weighted by molar-refractivity contribution is 5.77. The summed E-state index contributed by atoms with van der Waals surface area (Å²) in [6.07, 6.45) is 13.5. The van der Waals surface area contributed by atoms with Crippen molar-refractivity contribution in [3.63, 3.8) is 0 Å². The summed E-state index contributed by atoms with van der Waals surface area (Å²) in [5, 5.41) is 0. The van der Waals surface area contributed by atoms with Crippen molar-refractivity contribution >= 4 is 17.7 Å². The molecule has 1 aliphatic heterocycles. The third kappa shape index (κ3) is 9.43. The molecule has 9 heteroatoms. The monoisotopic (exact) mass is 584 g/mol. The molecule has 9 nitrogen and oxygen atoms in total. The quantitative estimate of drug-likeness (QED) is 0.384. The predicted molar refractivity (Wildman–Crippen MR) is 165 cm³/mol. The van der Waals surface area contributed by atoms with Crippen molar-refractivity contribution in [2.75, 3.05) is 0 Å². The predicted octanol–water partition coefficient (Wildman–Crippen LogP) is 5.42. The van der Waals surface area contributed by atoms with Crippen molar-refractivity contribution < 1.29 is 14.4 Å². The van der Waals surface area contributed by atoms with Crippen LogP contribution in [0.4, 0.5) is 0 Å².